The number of aromatic hydroxyl groups is 1. The molecule has 6 rings (SSSR count). The molecule has 3 aromatic rings. The number of Topliss-reactive ketones (excluding diaryl/α,β-unsaturated/α-hetero) is 1. The maximum absolute atomic E-state index is 14.3. The zero-order chi connectivity index (χ0) is 31.8. The molecule has 2 N–H and O–H groups in total. The third kappa shape index (κ3) is 5.80. The van der Waals surface area contributed by atoms with Crippen molar-refractivity contribution in [3.05, 3.63) is 78.0 Å². The highest BCUT2D eigenvalue weighted by molar-refractivity contribution is 6.10. The second kappa shape index (κ2) is 12.4. The number of para-hydroxylation sites is 1. The Morgan fingerprint density at radius 3 is 2.51 bits per heavy atom. The Kier molecular flexibility index (Phi) is 8.37. The number of ketones is 1. The molecule has 0 radical (unpaired) electrons. The van der Waals surface area contributed by atoms with E-state index in [0.717, 1.165) is 59.3 Å². The lowest BCUT2D eigenvalue weighted by molar-refractivity contribution is -0.192. The van der Waals surface area contributed by atoms with Crippen molar-refractivity contribution >= 4 is 34.6 Å². The highest BCUT2D eigenvalue weighted by Crippen LogP contribution is 2.37. The van der Waals surface area contributed by atoms with E-state index >= 15 is 0 Å². The summed E-state index contributed by atoms with van der Waals surface area (Å²) in [6.07, 6.45) is 5.21. The van der Waals surface area contributed by atoms with Gasteiger partial charge in [0, 0.05) is 49.1 Å². The molecule has 1 saturated carbocycles. The smallest absolute Gasteiger partial charge is 0.424 e. The highest BCUT2D eigenvalue weighted by atomic mass is 16.4. The van der Waals surface area contributed by atoms with Gasteiger partial charge in [-0.1, -0.05) is 49.8 Å². The molecule has 3 heterocycles. The van der Waals surface area contributed by atoms with Crippen molar-refractivity contribution in [3.63, 3.8) is 0 Å². The van der Waals surface area contributed by atoms with Crippen LogP contribution in [0.5, 0.6) is 5.75 Å². The van der Waals surface area contributed by atoms with Crippen LogP contribution < -0.4 is 0 Å². The summed E-state index contributed by atoms with van der Waals surface area (Å²) >= 11 is 0. The van der Waals surface area contributed by atoms with Crippen LogP contribution >= 0.6 is 0 Å². The van der Waals surface area contributed by atoms with Gasteiger partial charge in [0.15, 0.2) is 5.78 Å². The number of fused-ring (bicyclic) bond motifs is 2. The lowest BCUT2D eigenvalue weighted by atomic mass is 9.98. The van der Waals surface area contributed by atoms with E-state index in [1.165, 1.54) is 22.0 Å². The number of carbonyl (C=O) groups excluding carboxylic acids is 3. The van der Waals surface area contributed by atoms with Gasteiger partial charge in [-0.05, 0) is 42.5 Å². The normalized spacial score (nSPS) is 20.5. The second-order valence-corrected chi connectivity index (χ2v) is 12.2. The average molecular weight is 614 g/mol. The molecule has 236 valence electrons. The minimum Gasteiger partial charge on any atom is -0.508 e. The predicted octanol–water partition coefficient (Wildman–Crippen LogP) is 4.24. The van der Waals surface area contributed by atoms with E-state index < -0.39 is 18.3 Å². The van der Waals surface area contributed by atoms with Crippen LogP contribution in [-0.2, 0) is 29.1 Å². The number of amides is 3. The number of phenolic OH excluding ortho intramolecular Hbond substituents is 1. The van der Waals surface area contributed by atoms with Gasteiger partial charge in [0.25, 0.3) is 0 Å². The number of hydrazine groups is 1. The quantitative estimate of drug-likeness (QED) is 0.245. The van der Waals surface area contributed by atoms with Crippen molar-refractivity contribution in [1.82, 2.24) is 24.4 Å². The van der Waals surface area contributed by atoms with E-state index in [1.807, 2.05) is 24.4 Å². The number of unbranched alkanes of at least 4 members (excludes halogenated alkanes) is 1. The Labute approximate surface area is 261 Å². The zero-order valence-corrected chi connectivity index (χ0v) is 25.5. The van der Waals surface area contributed by atoms with Gasteiger partial charge in [0.05, 0.1) is 18.6 Å². The summed E-state index contributed by atoms with van der Waals surface area (Å²) in [6.45, 7) is 6.70. The summed E-state index contributed by atoms with van der Waals surface area (Å²) in [7, 11) is 0. The standard InChI is InChI=1S/C34H39N5O6/c1-3-5-16-35-19-27(32(42)23-11-12-23)26-8-6-7-24(31(26)35)18-36-20-29-38(30(41)21-37(15-4-2)39(29)34(44)45)28(33(36)43)17-22-9-13-25(40)14-10-22/h4,6-10,13-14,19,23,28-29,40H,2-3,5,11-12,15-18,20-21H2,1H3,(H,44,45). The minimum atomic E-state index is -1.23. The van der Waals surface area contributed by atoms with Crippen molar-refractivity contribution in [2.45, 2.75) is 64.3 Å². The van der Waals surface area contributed by atoms with Gasteiger partial charge in [-0.3, -0.25) is 14.4 Å². The summed E-state index contributed by atoms with van der Waals surface area (Å²) in [5.74, 6) is -0.314. The van der Waals surface area contributed by atoms with Crippen molar-refractivity contribution in [2.75, 3.05) is 19.6 Å². The summed E-state index contributed by atoms with van der Waals surface area (Å²) < 4.78 is 2.12. The number of hydrogen-bond acceptors (Lipinski definition) is 6. The molecule has 2 aliphatic heterocycles. The maximum Gasteiger partial charge on any atom is 0.424 e. The Bertz CT molecular complexity index is 1640. The first-order valence-electron chi connectivity index (χ1n) is 15.6. The molecule has 0 bridgehead atoms. The van der Waals surface area contributed by atoms with Crippen LogP contribution in [-0.4, -0.2) is 90.1 Å². The van der Waals surface area contributed by atoms with Crippen LogP contribution in [0.4, 0.5) is 4.79 Å². The van der Waals surface area contributed by atoms with E-state index in [2.05, 4.69) is 18.1 Å². The van der Waals surface area contributed by atoms with Gasteiger partial charge in [-0.15, -0.1) is 6.58 Å². The Hall–Kier alpha value is -4.64. The fraction of sp³-hybridized carbons (Fsp3) is 0.412. The van der Waals surface area contributed by atoms with Crippen molar-refractivity contribution in [1.29, 1.82) is 0 Å². The lowest BCUT2D eigenvalue weighted by Gasteiger charge is -2.54. The van der Waals surface area contributed by atoms with Crippen molar-refractivity contribution < 1.29 is 29.4 Å². The SMILES string of the molecule is C=CCN1CC(=O)N2C(Cc3ccc(O)cc3)C(=O)N(Cc3cccc4c(C(=O)C5CC5)cn(CCCC)c34)CC2N1C(=O)O. The summed E-state index contributed by atoms with van der Waals surface area (Å²) in [6, 6.07) is 11.3. The third-order valence-corrected chi connectivity index (χ3v) is 9.04. The first kappa shape index (κ1) is 30.4. The number of nitrogens with zero attached hydrogens (tertiary/aromatic N) is 5. The maximum atomic E-state index is 14.3. The molecule has 11 nitrogen and oxygen atoms in total. The first-order chi connectivity index (χ1) is 21.7. The Morgan fingerprint density at radius 2 is 1.84 bits per heavy atom. The van der Waals surface area contributed by atoms with E-state index in [-0.39, 0.29) is 61.9 Å². The molecule has 0 spiro atoms. The molecule has 2 unspecified atom stereocenters. The zero-order valence-electron chi connectivity index (χ0n) is 25.5. The molecule has 1 aromatic heterocycles. The van der Waals surface area contributed by atoms with Crippen LogP contribution in [0.1, 0.15) is 54.1 Å². The molecule has 1 aliphatic carbocycles. The summed E-state index contributed by atoms with van der Waals surface area (Å²) in [4.78, 5) is 56.9. The van der Waals surface area contributed by atoms with Gasteiger partial charge >= 0.3 is 6.09 Å². The van der Waals surface area contributed by atoms with E-state index in [1.54, 1.807) is 23.1 Å². The van der Waals surface area contributed by atoms with Crippen LogP contribution in [0.2, 0.25) is 0 Å². The first-order valence-corrected chi connectivity index (χ1v) is 15.6. The molecule has 3 amide bonds. The van der Waals surface area contributed by atoms with E-state index in [0.29, 0.717) is 5.56 Å². The van der Waals surface area contributed by atoms with E-state index in [9.17, 15) is 29.4 Å². The number of hydrogen-bond donors (Lipinski definition) is 2. The number of aryl methyl sites for hydroxylation is 1. The van der Waals surface area contributed by atoms with Gasteiger partial charge in [0.2, 0.25) is 11.8 Å². The van der Waals surface area contributed by atoms with Gasteiger partial charge in [-0.2, -0.15) is 0 Å². The number of phenols is 1. The molecular weight excluding hydrogens is 574 g/mol. The molecule has 3 fully saturated rings. The minimum absolute atomic E-state index is 0.0173. The highest BCUT2D eigenvalue weighted by Gasteiger charge is 2.51. The molecule has 11 heteroatoms. The second-order valence-electron chi connectivity index (χ2n) is 12.2. The number of carbonyl (C=O) groups is 4. The molecule has 3 aliphatic rings. The molecule has 2 atom stereocenters. The van der Waals surface area contributed by atoms with Crippen molar-refractivity contribution in [3.8, 4) is 5.75 Å². The molecule has 2 saturated heterocycles. The lowest BCUT2D eigenvalue weighted by Crippen LogP contribution is -2.75. The average Bonchev–Trinajstić information content (AvgIpc) is 3.80. The monoisotopic (exact) mass is 613 g/mol. The number of aromatic nitrogens is 1. The fourth-order valence-electron chi connectivity index (χ4n) is 6.72. The number of piperazine rings is 1. The van der Waals surface area contributed by atoms with Crippen LogP contribution in [0.15, 0.2) is 61.3 Å². The molecular formula is C34H39N5O6. The Morgan fingerprint density at radius 1 is 1.09 bits per heavy atom. The third-order valence-electron chi connectivity index (χ3n) is 9.04. The predicted molar refractivity (Wildman–Crippen MR) is 167 cm³/mol. The number of carboxylic acid groups (broad SMARTS) is 1. The topological polar surface area (TPSA) is 127 Å². The Balaban J connectivity index is 1.41. The van der Waals surface area contributed by atoms with Crippen LogP contribution in [0.25, 0.3) is 10.9 Å². The van der Waals surface area contributed by atoms with Crippen molar-refractivity contribution in [2.24, 2.45) is 5.92 Å². The summed E-state index contributed by atoms with van der Waals surface area (Å²) in [5, 5.41) is 23.6. The number of benzene rings is 2. The van der Waals surface area contributed by atoms with Crippen LogP contribution in [0, 0.1) is 5.92 Å². The number of rotatable bonds is 11. The van der Waals surface area contributed by atoms with Gasteiger partial charge in [-0.25, -0.2) is 14.8 Å². The summed E-state index contributed by atoms with van der Waals surface area (Å²) in [5.41, 5.74) is 3.20. The van der Waals surface area contributed by atoms with Crippen LogP contribution in [0.3, 0.4) is 0 Å². The van der Waals surface area contributed by atoms with E-state index in [4.69, 9.17) is 0 Å². The molecule has 45 heavy (non-hydrogen) atoms. The largest absolute Gasteiger partial charge is 0.508 e. The molecule has 2 aromatic carbocycles. The van der Waals surface area contributed by atoms with Gasteiger partial charge < -0.3 is 24.6 Å². The fourth-order valence-corrected chi connectivity index (χ4v) is 6.72. The van der Waals surface area contributed by atoms with Gasteiger partial charge in [0.1, 0.15) is 18.0 Å².